The molecule has 2 N–H and O–H groups in total. The Balaban J connectivity index is 1.65. The average molecular weight is 372 g/mol. The summed E-state index contributed by atoms with van der Waals surface area (Å²) < 4.78 is 24.2. The first-order valence-corrected chi connectivity index (χ1v) is 10.0. The van der Waals surface area contributed by atoms with E-state index in [2.05, 4.69) is 10.3 Å². The third kappa shape index (κ3) is 4.11. The molecule has 0 atom stereocenters. The summed E-state index contributed by atoms with van der Waals surface area (Å²) in [5, 5.41) is 3.62. The van der Waals surface area contributed by atoms with Crippen molar-refractivity contribution in [1.82, 2.24) is 10.3 Å². The number of H-pyrrole nitrogens is 1. The summed E-state index contributed by atoms with van der Waals surface area (Å²) >= 11 is 0. The van der Waals surface area contributed by atoms with Crippen molar-refractivity contribution in [1.29, 1.82) is 0 Å². The number of hydrogen-bond donors (Lipinski definition) is 2. The quantitative estimate of drug-likeness (QED) is 0.839. The van der Waals surface area contributed by atoms with Gasteiger partial charge in [0.1, 0.15) is 5.56 Å². The van der Waals surface area contributed by atoms with Gasteiger partial charge in [-0.25, -0.2) is 8.42 Å². The minimum absolute atomic E-state index is 0.0153. The van der Waals surface area contributed by atoms with Gasteiger partial charge in [-0.05, 0) is 49.4 Å². The Bertz CT molecular complexity index is 992. The van der Waals surface area contributed by atoms with Gasteiger partial charge in [0.05, 0.1) is 4.90 Å². The van der Waals surface area contributed by atoms with Crippen molar-refractivity contribution in [3.63, 3.8) is 0 Å². The molecule has 1 aromatic carbocycles. The summed E-state index contributed by atoms with van der Waals surface area (Å²) in [5.74, 6) is -0.513. The largest absolute Gasteiger partial charge is 0.348 e. The fourth-order valence-corrected chi connectivity index (χ4v) is 4.00. The Morgan fingerprint density at radius 3 is 2.65 bits per heavy atom. The molecule has 0 fully saturated rings. The first kappa shape index (κ1) is 18.1. The first-order chi connectivity index (χ1) is 12.5. The molecule has 136 valence electrons. The van der Waals surface area contributed by atoms with Crippen molar-refractivity contribution in [2.45, 2.75) is 30.6 Å². The number of rotatable bonds is 5. The van der Waals surface area contributed by atoms with E-state index >= 15 is 0 Å². The summed E-state index contributed by atoms with van der Waals surface area (Å²) in [7, 11) is -3.54. The molecule has 0 spiro atoms. The molecular weight excluding hydrogens is 352 g/mol. The van der Waals surface area contributed by atoms with Gasteiger partial charge in [0.2, 0.25) is 0 Å². The van der Waals surface area contributed by atoms with Crippen molar-refractivity contribution in [3.05, 3.63) is 75.1 Å². The van der Waals surface area contributed by atoms with E-state index in [9.17, 15) is 18.0 Å². The zero-order chi connectivity index (χ0) is 18.6. The highest BCUT2D eigenvalue weighted by Crippen LogP contribution is 2.18. The van der Waals surface area contributed by atoms with Crippen LogP contribution in [0, 0.1) is 0 Å². The molecule has 1 amide bonds. The van der Waals surface area contributed by atoms with Gasteiger partial charge in [-0.15, -0.1) is 0 Å². The minimum Gasteiger partial charge on any atom is -0.348 e. The van der Waals surface area contributed by atoms with Crippen LogP contribution in [0.3, 0.4) is 0 Å². The Hall–Kier alpha value is -2.67. The topological polar surface area (TPSA) is 96.1 Å². The standard InChI is InChI=1S/C19H20N2O4S/c22-18(16-13-14-7-4-5-10-17(14)21-19(16)23)20-11-6-12-26(24,25)15-8-2-1-3-9-15/h1-3,6,8-9,12-13H,4-5,7,10-11H2,(H,20,22)(H,21,23)/b12-6+. The number of carbonyl (C=O) groups is 1. The van der Waals surface area contributed by atoms with Crippen LogP contribution in [-0.4, -0.2) is 25.9 Å². The van der Waals surface area contributed by atoms with E-state index in [0.29, 0.717) is 0 Å². The monoisotopic (exact) mass is 372 g/mol. The van der Waals surface area contributed by atoms with Crippen LogP contribution in [0.5, 0.6) is 0 Å². The van der Waals surface area contributed by atoms with E-state index in [1.807, 2.05) is 0 Å². The number of aromatic nitrogens is 1. The van der Waals surface area contributed by atoms with Crippen LogP contribution >= 0.6 is 0 Å². The van der Waals surface area contributed by atoms with E-state index in [4.69, 9.17) is 0 Å². The van der Waals surface area contributed by atoms with Crippen LogP contribution in [0.15, 0.2) is 57.6 Å². The number of aromatic amines is 1. The van der Waals surface area contributed by atoms with Gasteiger partial charge in [0.15, 0.2) is 9.84 Å². The van der Waals surface area contributed by atoms with Crippen LogP contribution in [0.2, 0.25) is 0 Å². The molecule has 0 radical (unpaired) electrons. The van der Waals surface area contributed by atoms with E-state index in [1.54, 1.807) is 24.3 Å². The molecule has 3 rings (SSSR count). The molecule has 1 aliphatic rings. The van der Waals surface area contributed by atoms with Gasteiger partial charge in [0.25, 0.3) is 11.5 Å². The number of fused-ring (bicyclic) bond motifs is 1. The van der Waals surface area contributed by atoms with Crippen LogP contribution < -0.4 is 10.9 Å². The van der Waals surface area contributed by atoms with Gasteiger partial charge < -0.3 is 10.3 Å². The van der Waals surface area contributed by atoms with Crippen molar-refractivity contribution < 1.29 is 13.2 Å². The average Bonchev–Trinajstić information content (AvgIpc) is 2.65. The van der Waals surface area contributed by atoms with Crippen LogP contribution in [0.1, 0.15) is 34.5 Å². The maximum absolute atomic E-state index is 12.2. The zero-order valence-corrected chi connectivity index (χ0v) is 15.0. The summed E-state index contributed by atoms with van der Waals surface area (Å²) in [5.41, 5.74) is 1.56. The molecule has 1 aliphatic carbocycles. The highest BCUT2D eigenvalue weighted by Gasteiger charge is 2.16. The maximum Gasteiger partial charge on any atom is 0.261 e. The fraction of sp³-hybridized carbons (Fsp3) is 0.263. The summed E-state index contributed by atoms with van der Waals surface area (Å²) in [4.78, 5) is 27.3. The number of benzene rings is 1. The number of pyridine rings is 1. The van der Waals surface area contributed by atoms with Gasteiger partial charge in [-0.3, -0.25) is 9.59 Å². The highest BCUT2D eigenvalue weighted by molar-refractivity contribution is 7.94. The van der Waals surface area contributed by atoms with Crippen molar-refractivity contribution in [2.24, 2.45) is 0 Å². The van der Waals surface area contributed by atoms with E-state index < -0.39 is 21.3 Å². The molecule has 0 unspecified atom stereocenters. The molecule has 2 aromatic rings. The van der Waals surface area contributed by atoms with Crippen LogP contribution in [-0.2, 0) is 22.7 Å². The number of hydrogen-bond acceptors (Lipinski definition) is 4. The Morgan fingerprint density at radius 2 is 1.88 bits per heavy atom. The highest BCUT2D eigenvalue weighted by atomic mass is 32.2. The van der Waals surface area contributed by atoms with E-state index in [1.165, 1.54) is 18.2 Å². The predicted octanol–water partition coefficient (Wildman–Crippen LogP) is 1.97. The van der Waals surface area contributed by atoms with Gasteiger partial charge in [-0.2, -0.15) is 0 Å². The molecule has 0 aliphatic heterocycles. The number of nitrogens with one attached hydrogen (secondary N) is 2. The maximum atomic E-state index is 12.2. The van der Waals surface area contributed by atoms with E-state index in [-0.39, 0.29) is 17.0 Å². The molecule has 7 heteroatoms. The summed E-state index contributed by atoms with van der Waals surface area (Å²) in [6, 6.07) is 9.68. The third-order valence-corrected chi connectivity index (χ3v) is 5.79. The number of amides is 1. The van der Waals surface area contributed by atoms with Gasteiger partial charge in [-0.1, -0.05) is 24.3 Å². The lowest BCUT2D eigenvalue weighted by Gasteiger charge is -2.15. The number of sulfone groups is 1. The normalized spacial score (nSPS) is 14.2. The second-order valence-electron chi connectivity index (χ2n) is 6.16. The molecule has 0 saturated heterocycles. The molecular formula is C19H20N2O4S. The van der Waals surface area contributed by atoms with Gasteiger partial charge >= 0.3 is 0 Å². The third-order valence-electron chi connectivity index (χ3n) is 4.31. The predicted molar refractivity (Wildman–Crippen MR) is 98.8 cm³/mol. The second-order valence-corrected chi connectivity index (χ2v) is 8.00. The molecule has 1 heterocycles. The van der Waals surface area contributed by atoms with Gasteiger partial charge in [0, 0.05) is 17.6 Å². The van der Waals surface area contributed by atoms with Crippen LogP contribution in [0.4, 0.5) is 0 Å². The molecule has 26 heavy (non-hydrogen) atoms. The zero-order valence-electron chi connectivity index (χ0n) is 14.2. The lowest BCUT2D eigenvalue weighted by molar-refractivity contribution is 0.0956. The summed E-state index contributed by atoms with van der Waals surface area (Å²) in [6.07, 6.45) is 5.11. The Labute approximate surface area is 151 Å². The van der Waals surface area contributed by atoms with Crippen molar-refractivity contribution in [2.75, 3.05) is 6.54 Å². The Kier molecular flexibility index (Phi) is 5.37. The van der Waals surface area contributed by atoms with E-state index in [0.717, 1.165) is 42.3 Å². The molecule has 6 nitrogen and oxygen atoms in total. The number of carbonyl (C=O) groups excluding carboxylic acids is 1. The van der Waals surface area contributed by atoms with Crippen molar-refractivity contribution >= 4 is 15.7 Å². The fourth-order valence-electron chi connectivity index (χ4n) is 2.95. The second kappa shape index (κ2) is 7.70. The van der Waals surface area contributed by atoms with Crippen LogP contribution in [0.25, 0.3) is 0 Å². The minimum atomic E-state index is -3.54. The summed E-state index contributed by atoms with van der Waals surface area (Å²) in [6.45, 7) is 0.0153. The smallest absolute Gasteiger partial charge is 0.261 e. The lowest BCUT2D eigenvalue weighted by Crippen LogP contribution is -2.31. The molecule has 0 saturated carbocycles. The SMILES string of the molecule is O=C(NC/C=C/S(=O)(=O)c1ccccc1)c1cc2c([nH]c1=O)CCCC2. The van der Waals surface area contributed by atoms with Crippen molar-refractivity contribution in [3.8, 4) is 0 Å². The molecule has 1 aromatic heterocycles. The Morgan fingerprint density at radius 1 is 1.15 bits per heavy atom. The lowest BCUT2D eigenvalue weighted by atomic mass is 9.95. The number of aryl methyl sites for hydroxylation is 2. The molecule has 0 bridgehead atoms. The first-order valence-electron chi connectivity index (χ1n) is 8.47.